The summed E-state index contributed by atoms with van der Waals surface area (Å²) >= 11 is 1.59. The smallest absolute Gasteiger partial charge is 0.254 e. The number of halogens is 1. The molecule has 100 valence electrons. The molecule has 0 fully saturated rings. The second-order valence-electron chi connectivity index (χ2n) is 4.34. The van der Waals surface area contributed by atoms with Crippen molar-refractivity contribution in [1.82, 2.24) is 4.90 Å². The van der Waals surface area contributed by atoms with Crippen LogP contribution in [0.5, 0.6) is 0 Å². The molecule has 0 saturated heterocycles. The molecule has 5 heteroatoms. The zero-order chi connectivity index (χ0) is 14.0. The van der Waals surface area contributed by atoms with Crippen LogP contribution in [0.1, 0.15) is 28.2 Å². The molecule has 1 amide bonds. The van der Waals surface area contributed by atoms with Gasteiger partial charge in [0, 0.05) is 17.5 Å². The average molecular weight is 278 g/mol. The lowest BCUT2D eigenvalue weighted by atomic mass is 10.1. The van der Waals surface area contributed by atoms with Gasteiger partial charge in [-0.3, -0.25) is 4.79 Å². The van der Waals surface area contributed by atoms with Crippen LogP contribution in [-0.4, -0.2) is 17.9 Å². The Morgan fingerprint density at radius 2 is 2.16 bits per heavy atom. The van der Waals surface area contributed by atoms with Crippen molar-refractivity contribution >= 4 is 22.9 Å². The maximum atomic E-state index is 13.4. The van der Waals surface area contributed by atoms with E-state index >= 15 is 0 Å². The van der Waals surface area contributed by atoms with Gasteiger partial charge in [0.25, 0.3) is 5.91 Å². The highest BCUT2D eigenvalue weighted by Gasteiger charge is 2.20. The molecule has 1 aromatic heterocycles. The van der Waals surface area contributed by atoms with Crippen LogP contribution in [-0.2, 0) is 0 Å². The van der Waals surface area contributed by atoms with Gasteiger partial charge in [0.2, 0.25) is 0 Å². The fourth-order valence-electron chi connectivity index (χ4n) is 1.76. The van der Waals surface area contributed by atoms with E-state index in [2.05, 4.69) is 0 Å². The summed E-state index contributed by atoms with van der Waals surface area (Å²) in [5.74, 6) is -0.789. The summed E-state index contributed by atoms with van der Waals surface area (Å²) in [5, 5.41) is 1.97. The van der Waals surface area contributed by atoms with Gasteiger partial charge in [0.1, 0.15) is 5.82 Å². The Kier molecular flexibility index (Phi) is 3.85. The zero-order valence-electron chi connectivity index (χ0n) is 10.8. The number of nitrogen functional groups attached to an aromatic ring is 1. The number of hydrogen-bond acceptors (Lipinski definition) is 3. The van der Waals surface area contributed by atoms with E-state index in [0.717, 1.165) is 4.88 Å². The van der Waals surface area contributed by atoms with Crippen LogP contribution in [0, 0.1) is 5.82 Å². The molecule has 0 bridgehead atoms. The lowest BCUT2D eigenvalue weighted by Gasteiger charge is -2.24. The molecule has 1 unspecified atom stereocenters. The number of carbonyl (C=O) groups is 1. The second-order valence-corrected chi connectivity index (χ2v) is 5.32. The van der Waals surface area contributed by atoms with Crippen LogP contribution >= 0.6 is 11.3 Å². The number of rotatable bonds is 3. The summed E-state index contributed by atoms with van der Waals surface area (Å²) in [7, 11) is 1.71. The van der Waals surface area contributed by atoms with E-state index in [1.807, 2.05) is 24.4 Å². The summed E-state index contributed by atoms with van der Waals surface area (Å²) in [6, 6.07) is 7.99. The molecule has 1 aromatic carbocycles. The van der Waals surface area contributed by atoms with E-state index in [1.165, 1.54) is 12.1 Å². The Morgan fingerprint density at radius 1 is 1.42 bits per heavy atom. The molecular weight excluding hydrogens is 263 g/mol. The predicted octanol–water partition coefficient (Wildman–Crippen LogP) is 3.30. The molecule has 0 saturated carbocycles. The summed E-state index contributed by atoms with van der Waals surface area (Å²) in [5.41, 5.74) is 5.75. The van der Waals surface area contributed by atoms with Crippen LogP contribution < -0.4 is 5.73 Å². The summed E-state index contributed by atoms with van der Waals surface area (Å²) < 4.78 is 13.4. The van der Waals surface area contributed by atoms with E-state index in [0.29, 0.717) is 5.56 Å². The quantitative estimate of drug-likeness (QED) is 0.876. The lowest BCUT2D eigenvalue weighted by Crippen LogP contribution is -2.29. The first-order valence-electron chi connectivity index (χ1n) is 5.86. The minimum Gasteiger partial charge on any atom is -0.396 e. The van der Waals surface area contributed by atoms with E-state index in [4.69, 9.17) is 5.73 Å². The fourth-order valence-corrected chi connectivity index (χ4v) is 2.59. The molecule has 0 aliphatic heterocycles. The van der Waals surface area contributed by atoms with Crippen LogP contribution in [0.3, 0.4) is 0 Å². The van der Waals surface area contributed by atoms with Gasteiger partial charge in [0.05, 0.1) is 11.7 Å². The number of anilines is 1. The van der Waals surface area contributed by atoms with Crippen molar-refractivity contribution in [2.45, 2.75) is 13.0 Å². The first-order chi connectivity index (χ1) is 9.00. The van der Waals surface area contributed by atoms with Crippen LogP contribution in [0.4, 0.5) is 10.1 Å². The molecule has 1 heterocycles. The lowest BCUT2D eigenvalue weighted by molar-refractivity contribution is 0.0744. The fraction of sp³-hybridized carbons (Fsp3) is 0.214. The first-order valence-corrected chi connectivity index (χ1v) is 6.74. The number of carbonyl (C=O) groups excluding carboxylic acids is 1. The maximum Gasteiger partial charge on any atom is 0.254 e. The van der Waals surface area contributed by atoms with Crippen molar-refractivity contribution in [3.8, 4) is 0 Å². The van der Waals surface area contributed by atoms with E-state index in [1.54, 1.807) is 29.4 Å². The third kappa shape index (κ3) is 2.76. The van der Waals surface area contributed by atoms with Gasteiger partial charge in [-0.2, -0.15) is 0 Å². The number of hydrogen-bond donors (Lipinski definition) is 1. The minimum atomic E-state index is -0.567. The predicted molar refractivity (Wildman–Crippen MR) is 75.6 cm³/mol. The highest BCUT2D eigenvalue weighted by atomic mass is 32.1. The molecule has 19 heavy (non-hydrogen) atoms. The van der Waals surface area contributed by atoms with E-state index < -0.39 is 5.82 Å². The van der Waals surface area contributed by atoms with Gasteiger partial charge in [-0.1, -0.05) is 6.07 Å². The molecule has 0 aliphatic rings. The Hall–Kier alpha value is -1.88. The average Bonchev–Trinajstić information content (AvgIpc) is 2.93. The molecule has 2 N–H and O–H groups in total. The summed E-state index contributed by atoms with van der Waals surface area (Å²) in [6.07, 6.45) is 0. The Bertz CT molecular complexity index is 583. The van der Waals surface area contributed by atoms with Gasteiger partial charge in [-0.05, 0) is 36.6 Å². The third-order valence-corrected chi connectivity index (χ3v) is 4.15. The number of thiophene rings is 1. The van der Waals surface area contributed by atoms with Crippen molar-refractivity contribution in [3.63, 3.8) is 0 Å². The standard InChI is InChI=1S/C14H15FN2OS/c1-9(13-4-3-7-19-13)17(2)14(18)10-5-6-12(16)11(15)8-10/h3-9H,16H2,1-2H3. The number of nitrogens with two attached hydrogens (primary N) is 1. The van der Waals surface area contributed by atoms with Crippen molar-refractivity contribution < 1.29 is 9.18 Å². The Morgan fingerprint density at radius 3 is 2.74 bits per heavy atom. The van der Waals surface area contributed by atoms with Crippen molar-refractivity contribution in [3.05, 3.63) is 52.0 Å². The van der Waals surface area contributed by atoms with Gasteiger partial charge in [0.15, 0.2) is 0 Å². The topological polar surface area (TPSA) is 46.3 Å². The maximum absolute atomic E-state index is 13.4. The highest BCUT2D eigenvalue weighted by Crippen LogP contribution is 2.25. The van der Waals surface area contributed by atoms with Crippen molar-refractivity contribution in [2.75, 3.05) is 12.8 Å². The zero-order valence-corrected chi connectivity index (χ0v) is 11.6. The number of amides is 1. The molecule has 0 radical (unpaired) electrons. The summed E-state index contributed by atoms with van der Waals surface area (Å²) in [6.45, 7) is 1.94. The molecular formula is C14H15FN2OS. The molecule has 2 rings (SSSR count). The van der Waals surface area contributed by atoms with E-state index in [-0.39, 0.29) is 17.6 Å². The molecule has 1 atom stereocenters. The largest absolute Gasteiger partial charge is 0.396 e. The van der Waals surface area contributed by atoms with Gasteiger partial charge in [-0.15, -0.1) is 11.3 Å². The molecule has 0 aliphatic carbocycles. The highest BCUT2D eigenvalue weighted by molar-refractivity contribution is 7.10. The van der Waals surface area contributed by atoms with E-state index in [9.17, 15) is 9.18 Å². The van der Waals surface area contributed by atoms with Crippen molar-refractivity contribution in [2.24, 2.45) is 0 Å². The minimum absolute atomic E-state index is 0.0468. The van der Waals surface area contributed by atoms with Crippen LogP contribution in [0.2, 0.25) is 0 Å². The van der Waals surface area contributed by atoms with Crippen molar-refractivity contribution in [1.29, 1.82) is 0 Å². The molecule has 0 spiro atoms. The van der Waals surface area contributed by atoms with Crippen LogP contribution in [0.25, 0.3) is 0 Å². The van der Waals surface area contributed by atoms with Gasteiger partial charge < -0.3 is 10.6 Å². The number of nitrogens with zero attached hydrogens (tertiary/aromatic N) is 1. The number of benzene rings is 1. The SMILES string of the molecule is CC(c1cccs1)N(C)C(=O)c1ccc(N)c(F)c1. The van der Waals surface area contributed by atoms with Gasteiger partial charge >= 0.3 is 0 Å². The summed E-state index contributed by atoms with van der Waals surface area (Å²) in [4.78, 5) is 15.0. The van der Waals surface area contributed by atoms with Gasteiger partial charge in [-0.25, -0.2) is 4.39 Å². The Balaban J connectivity index is 2.21. The normalized spacial score (nSPS) is 12.2. The molecule has 2 aromatic rings. The Labute approximate surface area is 115 Å². The monoisotopic (exact) mass is 278 g/mol. The third-order valence-electron chi connectivity index (χ3n) is 3.10. The molecule has 3 nitrogen and oxygen atoms in total. The first kappa shape index (κ1) is 13.5. The van der Waals surface area contributed by atoms with Crippen LogP contribution in [0.15, 0.2) is 35.7 Å². The second kappa shape index (κ2) is 5.40.